The van der Waals surface area contributed by atoms with Gasteiger partial charge in [0.2, 0.25) is 5.91 Å². The number of azo groups is 1. The second-order valence-corrected chi connectivity index (χ2v) is 11.0. The van der Waals surface area contributed by atoms with Crippen LogP contribution < -0.4 is 10.2 Å². The SMILES string of the molecule is CC(=O)Nc1cc(N2CCC(C(=O)O)CC2)ccc1N=Nc1c(C#N)cnn1-c1c(Cl)cc(S(=O)(=O)O)cc1Cl. The minimum absolute atomic E-state index is 0.00580. The summed E-state index contributed by atoms with van der Waals surface area (Å²) in [5.41, 5.74) is 1.32. The highest BCUT2D eigenvalue weighted by Gasteiger charge is 2.25. The van der Waals surface area contributed by atoms with E-state index in [1.807, 2.05) is 11.0 Å². The highest BCUT2D eigenvalue weighted by atomic mass is 35.5. The summed E-state index contributed by atoms with van der Waals surface area (Å²) in [6.45, 7) is 2.38. The van der Waals surface area contributed by atoms with Crippen molar-refractivity contribution >= 4 is 68.1 Å². The van der Waals surface area contributed by atoms with Gasteiger partial charge in [0.1, 0.15) is 23.0 Å². The monoisotopic (exact) mass is 605 g/mol. The molecule has 0 bridgehead atoms. The van der Waals surface area contributed by atoms with Crippen LogP contribution in [0.4, 0.5) is 22.9 Å². The van der Waals surface area contributed by atoms with Crippen LogP contribution in [0.25, 0.3) is 5.69 Å². The van der Waals surface area contributed by atoms with E-state index in [1.165, 1.54) is 13.1 Å². The van der Waals surface area contributed by atoms with Crippen LogP contribution in [0.3, 0.4) is 0 Å². The van der Waals surface area contributed by atoms with E-state index in [-0.39, 0.29) is 38.7 Å². The molecule has 1 aliphatic heterocycles. The summed E-state index contributed by atoms with van der Waals surface area (Å²) in [5.74, 6) is -1.66. The predicted molar refractivity (Wildman–Crippen MR) is 146 cm³/mol. The minimum atomic E-state index is -4.59. The number of carbonyl (C=O) groups excluding carboxylic acids is 1. The zero-order valence-corrected chi connectivity index (χ0v) is 23.1. The van der Waals surface area contributed by atoms with Crippen LogP contribution in [0, 0.1) is 17.2 Å². The molecule has 3 aromatic rings. The van der Waals surface area contributed by atoms with Crippen molar-refractivity contribution in [3.05, 3.63) is 52.1 Å². The molecule has 1 aromatic heterocycles. The normalized spacial score (nSPS) is 14.3. The number of benzene rings is 2. The summed E-state index contributed by atoms with van der Waals surface area (Å²) in [7, 11) is -4.59. The van der Waals surface area contributed by atoms with Crippen LogP contribution in [0.15, 0.2) is 51.7 Å². The molecule has 2 heterocycles. The number of amides is 1. The highest BCUT2D eigenvalue weighted by molar-refractivity contribution is 7.85. The van der Waals surface area contributed by atoms with Crippen molar-refractivity contribution < 1.29 is 27.7 Å². The molecule has 4 rings (SSSR count). The molecule has 0 spiro atoms. The molecule has 0 saturated carbocycles. The lowest BCUT2D eigenvalue weighted by molar-refractivity contribution is -0.142. The van der Waals surface area contributed by atoms with Gasteiger partial charge in [-0.15, -0.1) is 10.2 Å². The van der Waals surface area contributed by atoms with E-state index in [2.05, 4.69) is 20.6 Å². The molecule has 3 N–H and O–H groups in total. The quantitative estimate of drug-likeness (QED) is 0.246. The largest absolute Gasteiger partial charge is 0.481 e. The predicted octanol–water partition coefficient (Wildman–Crippen LogP) is 4.97. The van der Waals surface area contributed by atoms with Crippen LogP contribution in [-0.4, -0.2) is 52.8 Å². The number of aliphatic carboxylic acids is 1. The number of piperidine rings is 1. The Morgan fingerprint density at radius 1 is 1.15 bits per heavy atom. The molecule has 0 aliphatic carbocycles. The number of aromatic nitrogens is 2. The van der Waals surface area contributed by atoms with Crippen molar-refractivity contribution in [1.82, 2.24) is 9.78 Å². The fourth-order valence-electron chi connectivity index (χ4n) is 4.16. The molecule has 40 heavy (non-hydrogen) atoms. The molecule has 2 aromatic carbocycles. The summed E-state index contributed by atoms with van der Waals surface area (Å²) < 4.78 is 33.5. The molecule has 13 nitrogen and oxygen atoms in total. The number of halogens is 2. The molecular weight excluding hydrogens is 585 g/mol. The molecule has 16 heteroatoms. The number of nitrogens with zero attached hydrogens (tertiary/aromatic N) is 6. The molecule has 208 valence electrons. The highest BCUT2D eigenvalue weighted by Crippen LogP contribution is 2.37. The van der Waals surface area contributed by atoms with E-state index in [1.54, 1.807) is 18.2 Å². The first kappa shape index (κ1) is 29.0. The van der Waals surface area contributed by atoms with Crippen molar-refractivity contribution in [2.24, 2.45) is 16.1 Å². The Morgan fingerprint density at radius 3 is 2.35 bits per heavy atom. The van der Waals surface area contributed by atoms with E-state index >= 15 is 0 Å². The maximum Gasteiger partial charge on any atom is 0.306 e. The van der Waals surface area contributed by atoms with Crippen LogP contribution in [0.5, 0.6) is 0 Å². The van der Waals surface area contributed by atoms with Crippen LogP contribution in [0.1, 0.15) is 25.3 Å². The second-order valence-electron chi connectivity index (χ2n) is 8.80. The van der Waals surface area contributed by atoms with Crippen molar-refractivity contribution in [2.45, 2.75) is 24.7 Å². The van der Waals surface area contributed by atoms with Crippen molar-refractivity contribution in [3.63, 3.8) is 0 Å². The molecule has 0 atom stereocenters. The summed E-state index contributed by atoms with van der Waals surface area (Å²) >= 11 is 12.5. The number of anilines is 2. The van der Waals surface area contributed by atoms with Gasteiger partial charge in [0.05, 0.1) is 32.7 Å². The Morgan fingerprint density at radius 2 is 1.80 bits per heavy atom. The number of rotatable bonds is 7. The molecule has 0 unspecified atom stereocenters. The third-order valence-electron chi connectivity index (χ3n) is 6.12. The topological polar surface area (TPSA) is 190 Å². The zero-order chi connectivity index (χ0) is 29.2. The Bertz CT molecular complexity index is 1650. The fraction of sp³-hybridized carbons (Fsp3) is 0.250. The Kier molecular flexibility index (Phi) is 8.40. The zero-order valence-electron chi connectivity index (χ0n) is 20.7. The van der Waals surface area contributed by atoms with Gasteiger partial charge >= 0.3 is 5.97 Å². The molecule has 1 fully saturated rings. The van der Waals surface area contributed by atoms with Crippen LogP contribution in [0.2, 0.25) is 10.0 Å². The number of carbonyl (C=O) groups is 2. The Balaban J connectivity index is 1.71. The van der Waals surface area contributed by atoms with Crippen LogP contribution in [-0.2, 0) is 19.7 Å². The lowest BCUT2D eigenvalue weighted by Gasteiger charge is -2.32. The van der Waals surface area contributed by atoms with Gasteiger partial charge in [-0.25, -0.2) is 4.68 Å². The van der Waals surface area contributed by atoms with E-state index in [9.17, 15) is 32.9 Å². The van der Waals surface area contributed by atoms with E-state index in [0.717, 1.165) is 22.5 Å². The van der Waals surface area contributed by atoms with Gasteiger partial charge in [-0.3, -0.25) is 14.1 Å². The minimum Gasteiger partial charge on any atom is -0.481 e. The number of nitriles is 1. The van der Waals surface area contributed by atoms with Crippen molar-refractivity contribution in [3.8, 4) is 11.8 Å². The van der Waals surface area contributed by atoms with E-state index in [4.69, 9.17) is 23.2 Å². The lowest BCUT2D eigenvalue weighted by atomic mass is 9.96. The van der Waals surface area contributed by atoms with Gasteiger partial charge < -0.3 is 15.3 Å². The van der Waals surface area contributed by atoms with Crippen molar-refractivity contribution in [1.29, 1.82) is 5.26 Å². The number of hydrogen-bond acceptors (Lipinski definition) is 9. The van der Waals surface area contributed by atoms with Crippen LogP contribution >= 0.6 is 23.2 Å². The molecular formula is C24H21Cl2N7O6S. The maximum absolute atomic E-state index is 11.9. The average molecular weight is 606 g/mol. The first-order chi connectivity index (χ1) is 18.9. The average Bonchev–Trinajstić information content (AvgIpc) is 3.29. The molecule has 0 radical (unpaired) electrons. The summed E-state index contributed by atoms with van der Waals surface area (Å²) in [5, 5.41) is 33.6. The van der Waals surface area contributed by atoms with Gasteiger partial charge in [-0.2, -0.15) is 18.8 Å². The second kappa shape index (κ2) is 11.6. The smallest absolute Gasteiger partial charge is 0.306 e. The van der Waals surface area contributed by atoms with E-state index < -0.39 is 26.9 Å². The first-order valence-corrected chi connectivity index (χ1v) is 13.8. The van der Waals surface area contributed by atoms with Gasteiger partial charge in [-0.05, 0) is 43.2 Å². The van der Waals surface area contributed by atoms with E-state index in [0.29, 0.717) is 31.6 Å². The Hall–Kier alpha value is -4.03. The third kappa shape index (κ3) is 6.23. The number of nitrogens with one attached hydrogen (secondary N) is 1. The fourth-order valence-corrected chi connectivity index (χ4v) is 5.47. The van der Waals surface area contributed by atoms with Gasteiger partial charge in [0.15, 0.2) is 5.82 Å². The molecule has 1 amide bonds. The maximum atomic E-state index is 11.9. The van der Waals surface area contributed by atoms with Gasteiger partial charge in [0, 0.05) is 25.7 Å². The third-order valence-corrected chi connectivity index (χ3v) is 7.52. The number of carboxylic acid groups (broad SMARTS) is 1. The Labute approximate surface area is 238 Å². The van der Waals surface area contributed by atoms with Crippen molar-refractivity contribution in [2.75, 3.05) is 23.3 Å². The summed E-state index contributed by atoms with van der Waals surface area (Å²) in [6.07, 6.45) is 2.17. The summed E-state index contributed by atoms with van der Waals surface area (Å²) in [6, 6.07) is 8.94. The molecule has 1 saturated heterocycles. The molecule has 1 aliphatic rings. The number of hydrogen-bond donors (Lipinski definition) is 3. The van der Waals surface area contributed by atoms with Gasteiger partial charge in [-0.1, -0.05) is 23.2 Å². The first-order valence-electron chi connectivity index (χ1n) is 11.6. The van der Waals surface area contributed by atoms with Gasteiger partial charge in [0.25, 0.3) is 10.1 Å². The summed E-state index contributed by atoms with van der Waals surface area (Å²) in [4.78, 5) is 24.7. The standard InChI is InChI=1S/C24H21Cl2N7O6S/c1-13(34)29-21-8-16(32-6-4-14(5-7-32)24(35)36)2-3-20(21)30-31-23-15(11-27)12-28-33(23)22-18(25)9-17(10-19(22)26)40(37,38)39/h2-3,8-10,12,14H,4-7H2,1H3,(H,29,34)(H,35,36)(H,37,38,39). The lowest BCUT2D eigenvalue weighted by Crippen LogP contribution is -2.36. The number of carboxylic acids is 1.